The molecule has 1 aliphatic heterocycles. The van der Waals surface area contributed by atoms with Gasteiger partial charge in [-0.3, -0.25) is 0 Å². The lowest BCUT2D eigenvalue weighted by Crippen LogP contribution is -2.57. The van der Waals surface area contributed by atoms with Crippen molar-refractivity contribution in [2.24, 2.45) is 22.1 Å². The normalized spacial score (nSPS) is 18.0. The van der Waals surface area contributed by atoms with E-state index in [0.717, 1.165) is 45.9 Å². The van der Waals surface area contributed by atoms with Gasteiger partial charge in [-0.25, -0.2) is 0 Å². The number of hydrogen-bond acceptors (Lipinski definition) is 4. The van der Waals surface area contributed by atoms with Gasteiger partial charge in [0.05, 0.1) is 5.70 Å². The molecule has 1 aliphatic rings. The minimum absolute atomic E-state index is 0.125. The predicted molar refractivity (Wildman–Crippen MR) is 157 cm³/mol. The molecule has 200 valence electrons. The maximum atomic E-state index is 10.7. The number of terminal acetylenes is 1. The number of azo groups is 1. The lowest BCUT2D eigenvalue weighted by Gasteiger charge is -2.45. The van der Waals surface area contributed by atoms with Gasteiger partial charge in [-0.15, -0.1) is 6.42 Å². The van der Waals surface area contributed by atoms with E-state index in [1.54, 1.807) is 13.1 Å². The van der Waals surface area contributed by atoms with Crippen LogP contribution in [0, 0.1) is 24.2 Å². The quantitative estimate of drug-likeness (QED) is 0.211. The average molecular weight is 503 g/mol. The van der Waals surface area contributed by atoms with Crippen LogP contribution in [0.15, 0.2) is 64.2 Å². The molecular formula is C32H46N4O. The van der Waals surface area contributed by atoms with E-state index in [2.05, 4.69) is 61.1 Å². The average Bonchev–Trinajstić information content (AvgIpc) is 3.31. The van der Waals surface area contributed by atoms with Gasteiger partial charge < -0.3 is 15.4 Å². The van der Waals surface area contributed by atoms with Crippen LogP contribution in [0.1, 0.15) is 80.2 Å². The molecule has 0 aliphatic carbocycles. The van der Waals surface area contributed by atoms with Crippen LogP contribution in [0.4, 0.5) is 0 Å². The second kappa shape index (κ2) is 12.9. The van der Waals surface area contributed by atoms with Crippen LogP contribution in [0.5, 0.6) is 5.75 Å². The van der Waals surface area contributed by atoms with Gasteiger partial charge in [0.25, 0.3) is 0 Å². The van der Waals surface area contributed by atoms with Crippen LogP contribution in [-0.2, 0) is 0 Å². The number of aromatic amines is 1. The Morgan fingerprint density at radius 3 is 2.24 bits per heavy atom. The van der Waals surface area contributed by atoms with Crippen LogP contribution in [-0.4, -0.2) is 28.2 Å². The Morgan fingerprint density at radius 1 is 1.16 bits per heavy atom. The number of benzene rings is 1. The fourth-order valence-corrected chi connectivity index (χ4v) is 5.61. The van der Waals surface area contributed by atoms with Crippen molar-refractivity contribution in [3.05, 3.63) is 59.6 Å². The Kier molecular flexibility index (Phi) is 10.5. The molecule has 1 fully saturated rings. The SMILES string of the molecule is C#CC(CC)/C(=C\C(N=NC)=C(C)C)c1ccc(-c2cc[nH]c2)cc1O.CC1CC(C)(C)NC(C)(C)C1. The summed E-state index contributed by atoms with van der Waals surface area (Å²) in [5, 5.41) is 22.4. The van der Waals surface area contributed by atoms with E-state index in [9.17, 15) is 5.11 Å². The third-order valence-corrected chi connectivity index (χ3v) is 6.63. The van der Waals surface area contributed by atoms with E-state index >= 15 is 0 Å². The molecule has 1 saturated heterocycles. The first-order chi connectivity index (χ1) is 17.3. The molecule has 0 amide bonds. The molecule has 0 bridgehead atoms. The summed E-state index contributed by atoms with van der Waals surface area (Å²) in [4.78, 5) is 3.03. The summed E-state index contributed by atoms with van der Waals surface area (Å²) < 4.78 is 0. The maximum Gasteiger partial charge on any atom is 0.123 e. The topological polar surface area (TPSA) is 72.8 Å². The molecule has 3 N–H and O–H groups in total. The monoisotopic (exact) mass is 502 g/mol. The summed E-state index contributed by atoms with van der Waals surface area (Å²) >= 11 is 0. The molecule has 2 heterocycles. The Bertz CT molecular complexity index is 1140. The Morgan fingerprint density at radius 2 is 1.81 bits per heavy atom. The summed E-state index contributed by atoms with van der Waals surface area (Å²) in [5.41, 5.74) is 6.01. The Labute approximate surface area is 224 Å². The highest BCUT2D eigenvalue weighted by atomic mass is 16.3. The summed E-state index contributed by atoms with van der Waals surface area (Å²) in [5.74, 6) is 3.76. The van der Waals surface area contributed by atoms with Crippen molar-refractivity contribution in [3.8, 4) is 29.2 Å². The zero-order chi connectivity index (χ0) is 27.8. The molecule has 1 aromatic carbocycles. The summed E-state index contributed by atoms with van der Waals surface area (Å²) in [6.07, 6.45) is 14.8. The number of nitrogens with one attached hydrogen (secondary N) is 2. The molecule has 3 rings (SSSR count). The van der Waals surface area contributed by atoms with E-state index in [1.165, 1.54) is 12.8 Å². The van der Waals surface area contributed by atoms with Gasteiger partial charge in [0.1, 0.15) is 5.75 Å². The van der Waals surface area contributed by atoms with E-state index < -0.39 is 0 Å². The molecule has 0 saturated carbocycles. The second-order valence-corrected chi connectivity index (χ2v) is 11.7. The molecule has 0 spiro atoms. The lowest BCUT2D eigenvalue weighted by atomic mass is 9.77. The van der Waals surface area contributed by atoms with Crippen LogP contribution in [0.25, 0.3) is 16.7 Å². The minimum Gasteiger partial charge on any atom is -0.507 e. The zero-order valence-corrected chi connectivity index (χ0v) is 24.2. The van der Waals surface area contributed by atoms with Crippen molar-refractivity contribution < 1.29 is 5.11 Å². The highest BCUT2D eigenvalue weighted by Crippen LogP contribution is 2.36. The van der Waals surface area contributed by atoms with Crippen LogP contribution in [0.3, 0.4) is 0 Å². The van der Waals surface area contributed by atoms with E-state index in [0.29, 0.717) is 11.1 Å². The number of phenols is 1. The Hall–Kier alpha value is -3.10. The standard InChI is InChI=1S/C22H25N3O.C10H21N/c1-6-16(7-2)20(13-21(15(3)4)25-23-5)19-9-8-17(12-22(19)26)18-10-11-24-14-18;1-8-6-9(2,3)11-10(4,5)7-8/h1,8-14,16,24,26H,7H2,2-5H3;8,11H,6-7H2,1-5H3/b20-13+,25-23?;. The number of H-pyrrole nitrogens is 1. The number of piperidine rings is 1. The number of phenolic OH excluding ortho intramolecular Hbond substituents is 1. The third-order valence-electron chi connectivity index (χ3n) is 6.63. The van der Waals surface area contributed by atoms with Gasteiger partial charge in [0.2, 0.25) is 0 Å². The van der Waals surface area contributed by atoms with Crippen LogP contribution < -0.4 is 5.32 Å². The lowest BCUT2D eigenvalue weighted by molar-refractivity contribution is 0.138. The number of nitrogens with zero attached hydrogens (tertiary/aromatic N) is 2. The van der Waals surface area contributed by atoms with Crippen molar-refractivity contribution >= 4 is 5.57 Å². The molecule has 5 nitrogen and oxygen atoms in total. The van der Waals surface area contributed by atoms with E-state index in [4.69, 9.17) is 6.42 Å². The van der Waals surface area contributed by atoms with Crippen molar-refractivity contribution in [2.45, 2.75) is 85.7 Å². The molecule has 5 heteroatoms. The largest absolute Gasteiger partial charge is 0.507 e. The minimum atomic E-state index is -0.125. The van der Waals surface area contributed by atoms with Crippen molar-refractivity contribution in [3.63, 3.8) is 0 Å². The smallest absolute Gasteiger partial charge is 0.123 e. The highest BCUT2D eigenvalue weighted by molar-refractivity contribution is 5.78. The van der Waals surface area contributed by atoms with Gasteiger partial charge in [-0.1, -0.05) is 31.9 Å². The molecule has 2 aromatic rings. The molecule has 1 unspecified atom stereocenters. The highest BCUT2D eigenvalue weighted by Gasteiger charge is 2.35. The number of aromatic hydroxyl groups is 1. The number of allylic oxidation sites excluding steroid dienone is 3. The first-order valence-electron chi connectivity index (χ1n) is 13.2. The van der Waals surface area contributed by atoms with Gasteiger partial charge in [-0.2, -0.15) is 10.2 Å². The fourth-order valence-electron chi connectivity index (χ4n) is 5.61. The maximum absolute atomic E-state index is 10.7. The van der Waals surface area contributed by atoms with Gasteiger partial charge in [0, 0.05) is 42.0 Å². The van der Waals surface area contributed by atoms with Gasteiger partial charge >= 0.3 is 0 Å². The summed E-state index contributed by atoms with van der Waals surface area (Å²) in [6.45, 7) is 17.5. The predicted octanol–water partition coefficient (Wildman–Crippen LogP) is 8.37. The molecule has 1 aromatic heterocycles. The third kappa shape index (κ3) is 8.76. The summed E-state index contributed by atoms with van der Waals surface area (Å²) in [7, 11) is 1.64. The number of aromatic nitrogens is 1. The molecule has 1 atom stereocenters. The van der Waals surface area contributed by atoms with Crippen molar-refractivity contribution in [2.75, 3.05) is 7.05 Å². The first-order valence-corrected chi connectivity index (χ1v) is 13.2. The Balaban J connectivity index is 0.000000364. The molecular weight excluding hydrogens is 456 g/mol. The fraction of sp³-hybridized carbons (Fsp3) is 0.500. The van der Waals surface area contributed by atoms with E-state index in [-0.39, 0.29) is 11.7 Å². The summed E-state index contributed by atoms with van der Waals surface area (Å²) in [6, 6.07) is 7.62. The number of rotatable bonds is 6. The van der Waals surface area contributed by atoms with Crippen molar-refractivity contribution in [1.29, 1.82) is 0 Å². The van der Waals surface area contributed by atoms with Gasteiger partial charge in [-0.05, 0) is 107 Å². The van der Waals surface area contributed by atoms with Crippen LogP contribution >= 0.6 is 0 Å². The zero-order valence-electron chi connectivity index (χ0n) is 24.2. The van der Waals surface area contributed by atoms with Crippen molar-refractivity contribution in [1.82, 2.24) is 10.3 Å². The first kappa shape index (κ1) is 30.1. The second-order valence-electron chi connectivity index (χ2n) is 11.7. The van der Waals surface area contributed by atoms with Crippen LogP contribution in [0.2, 0.25) is 0 Å². The van der Waals surface area contributed by atoms with E-state index in [1.807, 2.05) is 57.4 Å². The van der Waals surface area contributed by atoms with Gasteiger partial charge in [0.15, 0.2) is 0 Å². The number of hydrogen-bond donors (Lipinski definition) is 3. The molecule has 37 heavy (non-hydrogen) atoms. The molecule has 0 radical (unpaired) electrons.